The van der Waals surface area contributed by atoms with Crippen molar-refractivity contribution in [2.75, 3.05) is 26.2 Å². The number of piperidine rings is 1. The van der Waals surface area contributed by atoms with Gasteiger partial charge in [0.2, 0.25) is 0 Å². The van der Waals surface area contributed by atoms with Crippen LogP contribution in [0.2, 0.25) is 0 Å². The van der Waals surface area contributed by atoms with Crippen LogP contribution < -0.4 is 0 Å². The summed E-state index contributed by atoms with van der Waals surface area (Å²) in [6.45, 7) is 7.56. The molecule has 2 aromatic carbocycles. The Hall–Kier alpha value is -2.70. The average molecular weight is 433 g/mol. The van der Waals surface area contributed by atoms with E-state index < -0.39 is 5.60 Å². The van der Waals surface area contributed by atoms with E-state index in [0.717, 1.165) is 61.3 Å². The summed E-state index contributed by atoms with van der Waals surface area (Å²) in [6.07, 6.45) is 2.44. The smallest absolute Gasteiger partial charge is 0.330 e. The van der Waals surface area contributed by atoms with Crippen molar-refractivity contribution in [3.05, 3.63) is 66.0 Å². The Morgan fingerprint density at radius 2 is 1.75 bits per heavy atom. The van der Waals surface area contributed by atoms with Crippen molar-refractivity contribution < 1.29 is 9.90 Å². The molecule has 168 valence electrons. The van der Waals surface area contributed by atoms with Crippen LogP contribution in [0.3, 0.4) is 0 Å². The maximum Gasteiger partial charge on any atom is 0.330 e. The molecule has 1 atom stereocenters. The van der Waals surface area contributed by atoms with Crippen LogP contribution >= 0.6 is 0 Å². The molecule has 32 heavy (non-hydrogen) atoms. The first kappa shape index (κ1) is 21.2. The monoisotopic (exact) mass is 432 g/mol. The van der Waals surface area contributed by atoms with E-state index in [1.807, 2.05) is 64.1 Å². The van der Waals surface area contributed by atoms with E-state index in [9.17, 15) is 9.90 Å². The number of amides is 1. The summed E-state index contributed by atoms with van der Waals surface area (Å²) in [4.78, 5) is 22.5. The van der Waals surface area contributed by atoms with Crippen molar-refractivity contribution in [3.8, 4) is 0 Å². The van der Waals surface area contributed by atoms with Gasteiger partial charge in [0, 0.05) is 31.6 Å². The Morgan fingerprint density at radius 3 is 2.47 bits per heavy atom. The van der Waals surface area contributed by atoms with Gasteiger partial charge in [-0.15, -0.1) is 0 Å². The van der Waals surface area contributed by atoms with Crippen LogP contribution in [-0.4, -0.2) is 62.7 Å². The highest BCUT2D eigenvalue weighted by Crippen LogP contribution is 2.34. The van der Waals surface area contributed by atoms with Gasteiger partial charge in [-0.2, -0.15) is 0 Å². The molecule has 1 saturated heterocycles. The van der Waals surface area contributed by atoms with Crippen molar-refractivity contribution in [3.63, 3.8) is 0 Å². The highest BCUT2D eigenvalue weighted by molar-refractivity contribution is 5.91. The summed E-state index contributed by atoms with van der Waals surface area (Å²) in [5.41, 5.74) is 2.08. The molecule has 2 aliphatic heterocycles. The lowest BCUT2D eigenvalue weighted by Gasteiger charge is -2.40. The van der Waals surface area contributed by atoms with Crippen LogP contribution in [0.5, 0.6) is 0 Å². The number of aliphatic hydroxyl groups is 1. The largest absolute Gasteiger partial charge is 0.385 e. The first-order chi connectivity index (χ1) is 15.5. The Labute approximate surface area is 189 Å². The van der Waals surface area contributed by atoms with Crippen LogP contribution in [0.25, 0.3) is 11.0 Å². The summed E-state index contributed by atoms with van der Waals surface area (Å²) in [6, 6.07) is 18.1. The highest BCUT2D eigenvalue weighted by Gasteiger charge is 2.37. The molecule has 1 amide bonds. The van der Waals surface area contributed by atoms with Gasteiger partial charge in [0.1, 0.15) is 5.82 Å². The molecule has 3 heterocycles. The molecular formula is C26H32N4O2. The highest BCUT2D eigenvalue weighted by atomic mass is 16.3. The van der Waals surface area contributed by atoms with Gasteiger partial charge in [0.15, 0.2) is 0 Å². The molecule has 0 spiro atoms. The van der Waals surface area contributed by atoms with E-state index in [0.29, 0.717) is 6.54 Å². The minimum absolute atomic E-state index is 0.0332. The molecule has 6 nitrogen and oxygen atoms in total. The third-order valence-electron chi connectivity index (χ3n) is 7.22. The zero-order chi connectivity index (χ0) is 22.3. The lowest BCUT2D eigenvalue weighted by molar-refractivity contribution is -0.0265. The van der Waals surface area contributed by atoms with E-state index in [2.05, 4.69) is 18.7 Å². The number of benzene rings is 2. The summed E-state index contributed by atoms with van der Waals surface area (Å²) in [5.74, 6) is 1.10. The summed E-state index contributed by atoms with van der Waals surface area (Å²) < 4.78 is 1.83. The standard InChI is InChI=1S/C26H32N4O2/c1-19(2)29-18-20(24-27-22-10-6-7-11-23(22)30(24)25(29)31)12-15-28-16-13-26(32,14-17-28)21-8-4-3-5-9-21/h3-11,19-20,32H,12-18H2,1-2H3. The fraction of sp³-hybridized carbons (Fsp3) is 0.462. The van der Waals surface area contributed by atoms with Crippen LogP contribution in [0.15, 0.2) is 54.6 Å². The first-order valence-corrected chi connectivity index (χ1v) is 11.7. The van der Waals surface area contributed by atoms with E-state index in [1.165, 1.54) is 0 Å². The van der Waals surface area contributed by atoms with E-state index in [1.54, 1.807) is 0 Å². The van der Waals surface area contributed by atoms with Crippen molar-refractivity contribution in [2.24, 2.45) is 0 Å². The third kappa shape index (κ3) is 3.71. The Balaban J connectivity index is 1.31. The topological polar surface area (TPSA) is 61.6 Å². The molecule has 3 aromatic rings. The zero-order valence-electron chi connectivity index (χ0n) is 18.9. The van der Waals surface area contributed by atoms with Crippen molar-refractivity contribution in [1.82, 2.24) is 19.4 Å². The summed E-state index contributed by atoms with van der Waals surface area (Å²) in [7, 11) is 0. The number of carbonyl (C=O) groups is 1. The molecule has 0 aliphatic carbocycles. The van der Waals surface area contributed by atoms with Crippen molar-refractivity contribution >= 4 is 17.1 Å². The number of nitrogens with zero attached hydrogens (tertiary/aromatic N) is 4. The predicted octanol–water partition coefficient (Wildman–Crippen LogP) is 4.19. The SMILES string of the molecule is CC(C)N1CC(CCN2CCC(O)(c3ccccc3)CC2)c2nc3ccccc3n2C1=O. The molecule has 1 N–H and O–H groups in total. The predicted molar refractivity (Wildman–Crippen MR) is 126 cm³/mol. The van der Waals surface area contributed by atoms with Gasteiger partial charge in [0.25, 0.3) is 0 Å². The number of aromatic nitrogens is 2. The maximum absolute atomic E-state index is 13.2. The quantitative estimate of drug-likeness (QED) is 0.657. The van der Waals surface area contributed by atoms with Gasteiger partial charge in [-0.1, -0.05) is 42.5 Å². The minimum atomic E-state index is -0.725. The zero-order valence-corrected chi connectivity index (χ0v) is 18.9. The molecule has 1 fully saturated rings. The number of carbonyl (C=O) groups excluding carboxylic acids is 1. The Morgan fingerprint density at radius 1 is 1.06 bits per heavy atom. The number of likely N-dealkylation sites (tertiary alicyclic amines) is 1. The number of para-hydroxylation sites is 2. The minimum Gasteiger partial charge on any atom is -0.385 e. The van der Waals surface area contributed by atoms with Gasteiger partial charge < -0.3 is 14.9 Å². The normalized spacial score (nSPS) is 21.3. The number of hydrogen-bond acceptors (Lipinski definition) is 4. The maximum atomic E-state index is 13.2. The van der Waals surface area contributed by atoms with Crippen molar-refractivity contribution in [1.29, 1.82) is 0 Å². The van der Waals surface area contributed by atoms with E-state index >= 15 is 0 Å². The fourth-order valence-corrected chi connectivity index (χ4v) is 5.22. The summed E-state index contributed by atoms with van der Waals surface area (Å²) >= 11 is 0. The molecule has 0 radical (unpaired) electrons. The van der Waals surface area contributed by atoms with Crippen LogP contribution in [0.4, 0.5) is 4.79 Å². The Kier molecular flexibility index (Phi) is 5.51. The molecule has 5 rings (SSSR count). The molecular weight excluding hydrogens is 400 g/mol. The molecule has 2 aliphatic rings. The second-order valence-corrected chi connectivity index (χ2v) is 9.55. The molecule has 1 unspecified atom stereocenters. The lowest BCUT2D eigenvalue weighted by atomic mass is 9.84. The van der Waals surface area contributed by atoms with Crippen LogP contribution in [0, 0.1) is 0 Å². The van der Waals surface area contributed by atoms with Crippen LogP contribution in [-0.2, 0) is 5.60 Å². The number of fused-ring (bicyclic) bond motifs is 3. The fourth-order valence-electron chi connectivity index (χ4n) is 5.22. The molecule has 0 saturated carbocycles. The molecule has 1 aromatic heterocycles. The van der Waals surface area contributed by atoms with Gasteiger partial charge in [0.05, 0.1) is 16.6 Å². The van der Waals surface area contributed by atoms with Gasteiger partial charge in [-0.05, 0) is 57.4 Å². The van der Waals surface area contributed by atoms with E-state index in [-0.39, 0.29) is 18.0 Å². The molecule has 0 bridgehead atoms. The molecule has 6 heteroatoms. The van der Waals surface area contributed by atoms with E-state index in [4.69, 9.17) is 4.98 Å². The number of hydrogen-bond donors (Lipinski definition) is 1. The summed E-state index contributed by atoms with van der Waals surface area (Å²) in [5, 5.41) is 11.1. The number of rotatable bonds is 5. The second-order valence-electron chi connectivity index (χ2n) is 9.55. The third-order valence-corrected chi connectivity index (χ3v) is 7.22. The average Bonchev–Trinajstić information content (AvgIpc) is 3.20. The first-order valence-electron chi connectivity index (χ1n) is 11.7. The van der Waals surface area contributed by atoms with Gasteiger partial charge in [-0.25, -0.2) is 14.3 Å². The van der Waals surface area contributed by atoms with Crippen LogP contribution in [0.1, 0.15) is 50.4 Å². The second kappa shape index (κ2) is 8.34. The van der Waals surface area contributed by atoms with Gasteiger partial charge >= 0.3 is 6.03 Å². The van der Waals surface area contributed by atoms with Crippen molar-refractivity contribution in [2.45, 2.75) is 50.7 Å². The Bertz CT molecular complexity index is 1100. The van der Waals surface area contributed by atoms with Gasteiger partial charge in [-0.3, -0.25) is 0 Å². The number of imidazole rings is 1. The lowest BCUT2D eigenvalue weighted by Crippen LogP contribution is -2.48.